The highest BCUT2D eigenvalue weighted by Crippen LogP contribution is 2.30. The van der Waals surface area contributed by atoms with Crippen molar-refractivity contribution in [2.45, 2.75) is 59.7 Å². The molecule has 166 valence electrons. The van der Waals surface area contributed by atoms with Crippen LogP contribution in [0.3, 0.4) is 0 Å². The van der Waals surface area contributed by atoms with E-state index in [1.807, 2.05) is 46.8 Å². The average Bonchev–Trinajstić information content (AvgIpc) is 2.67. The number of rotatable bonds is 7. The van der Waals surface area contributed by atoms with Gasteiger partial charge in [-0.25, -0.2) is 4.79 Å². The molecule has 0 spiro atoms. The summed E-state index contributed by atoms with van der Waals surface area (Å²) in [5, 5.41) is 0. The van der Waals surface area contributed by atoms with E-state index in [2.05, 4.69) is 0 Å². The highest BCUT2D eigenvalue weighted by atomic mass is 16.6. The third kappa shape index (κ3) is 6.71. The zero-order chi connectivity index (χ0) is 23.4. The Labute approximate surface area is 185 Å². The minimum absolute atomic E-state index is 0.0932. The van der Waals surface area contributed by atoms with Gasteiger partial charge in [-0.05, 0) is 108 Å². The molecule has 0 saturated heterocycles. The molecule has 0 heterocycles. The molecule has 2 aromatic rings. The van der Waals surface area contributed by atoms with Crippen LogP contribution in [0.15, 0.2) is 42.5 Å². The van der Waals surface area contributed by atoms with Crippen LogP contribution < -0.4 is 9.47 Å². The van der Waals surface area contributed by atoms with E-state index in [4.69, 9.17) is 14.2 Å². The number of hydrogen-bond acceptors (Lipinski definition) is 5. The van der Waals surface area contributed by atoms with E-state index in [1.165, 1.54) is 0 Å². The van der Waals surface area contributed by atoms with Gasteiger partial charge in [-0.1, -0.05) is 6.08 Å². The lowest BCUT2D eigenvalue weighted by molar-refractivity contribution is -0.171. The van der Waals surface area contributed by atoms with E-state index >= 15 is 0 Å². The van der Waals surface area contributed by atoms with Gasteiger partial charge >= 0.3 is 5.97 Å². The Balaban J connectivity index is 2.18. The molecule has 31 heavy (non-hydrogen) atoms. The molecule has 0 bridgehead atoms. The lowest BCUT2D eigenvalue weighted by atomic mass is 10.0. The van der Waals surface area contributed by atoms with Gasteiger partial charge in [0.2, 0.25) is 0 Å². The Morgan fingerprint density at radius 3 is 1.94 bits per heavy atom. The molecule has 5 nitrogen and oxygen atoms in total. The molecular formula is C26H32O5. The van der Waals surface area contributed by atoms with E-state index in [9.17, 15) is 9.59 Å². The minimum Gasteiger partial charge on any atom is -0.497 e. The number of allylic oxidation sites excluding steroid dienone is 1. The second-order valence-corrected chi connectivity index (χ2v) is 9.02. The summed E-state index contributed by atoms with van der Waals surface area (Å²) in [6, 6.07) is 10.8. The molecule has 0 fully saturated rings. The first-order chi connectivity index (χ1) is 14.3. The van der Waals surface area contributed by atoms with Gasteiger partial charge in [0.15, 0.2) is 11.4 Å². The van der Waals surface area contributed by atoms with Gasteiger partial charge in [0.05, 0.1) is 7.11 Å². The number of ketones is 1. The van der Waals surface area contributed by atoms with Crippen LogP contribution in [0, 0.1) is 13.8 Å². The van der Waals surface area contributed by atoms with Crippen molar-refractivity contribution >= 4 is 17.8 Å². The van der Waals surface area contributed by atoms with Crippen molar-refractivity contribution in [2.75, 3.05) is 7.11 Å². The molecule has 0 radical (unpaired) electrons. The van der Waals surface area contributed by atoms with Crippen LogP contribution in [0.25, 0.3) is 6.08 Å². The minimum atomic E-state index is -1.13. The summed E-state index contributed by atoms with van der Waals surface area (Å²) in [4.78, 5) is 25.0. The maximum atomic E-state index is 12.5. The molecule has 0 N–H and O–H groups in total. The van der Waals surface area contributed by atoms with Crippen LogP contribution >= 0.6 is 0 Å². The number of hydrogen-bond donors (Lipinski definition) is 0. The zero-order valence-electron chi connectivity index (χ0n) is 19.7. The lowest BCUT2D eigenvalue weighted by Gasteiger charge is -2.30. The first-order valence-corrected chi connectivity index (χ1v) is 10.2. The maximum Gasteiger partial charge on any atom is 0.350 e. The van der Waals surface area contributed by atoms with Crippen LogP contribution in [-0.2, 0) is 9.53 Å². The maximum absolute atomic E-state index is 12.5. The summed E-state index contributed by atoms with van der Waals surface area (Å²) in [5.41, 5.74) is 1.47. The average molecular weight is 425 g/mol. The van der Waals surface area contributed by atoms with Crippen LogP contribution in [-0.4, -0.2) is 30.1 Å². The standard InChI is InChI=1S/C26H32O5/c1-17-15-19(9-14-22(27)20-10-12-21(29-8)13-11-20)16-18(2)23(17)30-26(6,7)24(28)31-25(3,4)5/h9-16H,1-8H3/b14-9+. The predicted octanol–water partition coefficient (Wildman–Crippen LogP) is 5.71. The zero-order valence-corrected chi connectivity index (χ0v) is 19.7. The molecule has 0 amide bonds. The molecule has 0 unspecified atom stereocenters. The van der Waals surface area contributed by atoms with Crippen LogP contribution in [0.5, 0.6) is 11.5 Å². The van der Waals surface area contributed by atoms with Crippen molar-refractivity contribution < 1.29 is 23.8 Å². The van der Waals surface area contributed by atoms with Crippen molar-refractivity contribution in [2.24, 2.45) is 0 Å². The SMILES string of the molecule is COc1ccc(C(=O)/C=C/c2cc(C)c(OC(C)(C)C(=O)OC(C)(C)C)c(C)c2)cc1. The molecule has 0 saturated carbocycles. The largest absolute Gasteiger partial charge is 0.497 e. The third-order valence-electron chi connectivity index (χ3n) is 4.53. The summed E-state index contributed by atoms with van der Waals surface area (Å²) >= 11 is 0. The fourth-order valence-corrected chi connectivity index (χ4v) is 2.96. The van der Waals surface area contributed by atoms with Crippen LogP contribution in [0.4, 0.5) is 0 Å². The van der Waals surface area contributed by atoms with E-state index in [0.717, 1.165) is 16.7 Å². The Morgan fingerprint density at radius 2 is 1.45 bits per heavy atom. The quantitative estimate of drug-likeness (QED) is 0.324. The number of ether oxygens (including phenoxy) is 3. The van der Waals surface area contributed by atoms with E-state index < -0.39 is 17.2 Å². The first-order valence-electron chi connectivity index (χ1n) is 10.2. The monoisotopic (exact) mass is 424 g/mol. The summed E-state index contributed by atoms with van der Waals surface area (Å²) in [6.45, 7) is 12.7. The van der Waals surface area contributed by atoms with Crippen molar-refractivity contribution in [3.05, 3.63) is 64.7 Å². The Kier molecular flexibility index (Phi) is 7.32. The number of esters is 1. The van der Waals surface area contributed by atoms with Crippen LogP contribution in [0.1, 0.15) is 61.7 Å². The van der Waals surface area contributed by atoms with Crippen molar-refractivity contribution in [3.8, 4) is 11.5 Å². The smallest absolute Gasteiger partial charge is 0.350 e. The third-order valence-corrected chi connectivity index (χ3v) is 4.53. The summed E-state index contributed by atoms with van der Waals surface area (Å²) < 4.78 is 16.7. The van der Waals surface area contributed by atoms with E-state index in [1.54, 1.807) is 57.4 Å². The summed E-state index contributed by atoms with van der Waals surface area (Å²) in [7, 11) is 1.59. The summed E-state index contributed by atoms with van der Waals surface area (Å²) in [5.74, 6) is 0.823. The number of benzene rings is 2. The topological polar surface area (TPSA) is 61.8 Å². The number of carbonyl (C=O) groups is 2. The normalized spacial score (nSPS) is 12.0. The van der Waals surface area contributed by atoms with Crippen molar-refractivity contribution in [3.63, 3.8) is 0 Å². The fourth-order valence-electron chi connectivity index (χ4n) is 2.96. The number of carbonyl (C=O) groups excluding carboxylic acids is 2. The molecule has 0 atom stereocenters. The van der Waals surface area contributed by atoms with Gasteiger partial charge in [-0.3, -0.25) is 4.79 Å². The molecule has 0 aliphatic carbocycles. The lowest BCUT2D eigenvalue weighted by Crippen LogP contribution is -2.43. The van der Waals surface area contributed by atoms with Gasteiger partial charge < -0.3 is 14.2 Å². The Hall–Kier alpha value is -3.08. The number of aryl methyl sites for hydroxylation is 2. The van der Waals surface area contributed by atoms with Crippen LogP contribution in [0.2, 0.25) is 0 Å². The first kappa shape index (κ1) is 24.2. The van der Waals surface area contributed by atoms with E-state index in [0.29, 0.717) is 17.1 Å². The molecule has 2 rings (SSSR count). The number of methoxy groups -OCH3 is 1. The van der Waals surface area contributed by atoms with Crippen molar-refractivity contribution in [1.82, 2.24) is 0 Å². The van der Waals surface area contributed by atoms with Crippen molar-refractivity contribution in [1.29, 1.82) is 0 Å². The highest BCUT2D eigenvalue weighted by Gasteiger charge is 2.35. The molecule has 5 heteroatoms. The van der Waals surface area contributed by atoms with Gasteiger partial charge in [0.25, 0.3) is 0 Å². The van der Waals surface area contributed by atoms with Gasteiger partial charge in [0.1, 0.15) is 17.1 Å². The molecular weight excluding hydrogens is 392 g/mol. The molecule has 0 aliphatic rings. The van der Waals surface area contributed by atoms with Gasteiger partial charge in [-0.15, -0.1) is 0 Å². The van der Waals surface area contributed by atoms with Gasteiger partial charge in [0, 0.05) is 5.56 Å². The summed E-state index contributed by atoms with van der Waals surface area (Å²) in [6.07, 6.45) is 3.32. The predicted molar refractivity (Wildman–Crippen MR) is 123 cm³/mol. The van der Waals surface area contributed by atoms with Gasteiger partial charge in [-0.2, -0.15) is 0 Å². The molecule has 2 aromatic carbocycles. The highest BCUT2D eigenvalue weighted by molar-refractivity contribution is 6.06. The Morgan fingerprint density at radius 1 is 0.903 bits per heavy atom. The fraction of sp³-hybridized carbons (Fsp3) is 0.385. The Bertz CT molecular complexity index is 953. The molecule has 0 aromatic heterocycles. The second-order valence-electron chi connectivity index (χ2n) is 9.02. The van der Waals surface area contributed by atoms with E-state index in [-0.39, 0.29) is 5.78 Å². The second kappa shape index (κ2) is 9.38. The molecule has 0 aliphatic heterocycles.